The Morgan fingerprint density at radius 2 is 1.93 bits per heavy atom. The molecule has 2 unspecified atom stereocenters. The highest BCUT2D eigenvalue weighted by Gasteiger charge is 2.36. The molecule has 5 nitrogen and oxygen atoms in total. The van der Waals surface area contributed by atoms with Gasteiger partial charge in [-0.3, -0.25) is 9.59 Å². The third-order valence-electron chi connectivity index (χ3n) is 5.19. The smallest absolute Gasteiger partial charge is 0.225 e. The SMILES string of the molecule is CC(c1ccccc1)N1CC(C(=O)NCc2cc3ccccc3o2)CC1=O. The Morgan fingerprint density at radius 1 is 1.19 bits per heavy atom. The van der Waals surface area contributed by atoms with E-state index in [9.17, 15) is 9.59 Å². The number of rotatable bonds is 5. The molecule has 3 aromatic rings. The molecule has 2 aromatic carbocycles. The molecular weight excluding hydrogens is 340 g/mol. The van der Waals surface area contributed by atoms with E-state index in [0.717, 1.165) is 16.5 Å². The maximum Gasteiger partial charge on any atom is 0.225 e. The summed E-state index contributed by atoms with van der Waals surface area (Å²) < 4.78 is 5.73. The first-order valence-electron chi connectivity index (χ1n) is 9.21. The topological polar surface area (TPSA) is 62.6 Å². The van der Waals surface area contributed by atoms with Crippen molar-refractivity contribution < 1.29 is 14.0 Å². The van der Waals surface area contributed by atoms with Crippen LogP contribution in [0.15, 0.2) is 65.1 Å². The van der Waals surface area contributed by atoms with E-state index in [1.807, 2.05) is 67.6 Å². The van der Waals surface area contributed by atoms with Crippen LogP contribution in [0.5, 0.6) is 0 Å². The minimum atomic E-state index is -0.326. The second-order valence-electron chi connectivity index (χ2n) is 7.00. The second-order valence-corrected chi connectivity index (χ2v) is 7.00. The normalized spacial score (nSPS) is 18.0. The first-order chi connectivity index (χ1) is 13.1. The summed E-state index contributed by atoms with van der Waals surface area (Å²) >= 11 is 0. The van der Waals surface area contributed by atoms with Crippen LogP contribution in [-0.2, 0) is 16.1 Å². The van der Waals surface area contributed by atoms with E-state index in [1.54, 1.807) is 4.90 Å². The van der Waals surface area contributed by atoms with Crippen molar-refractivity contribution >= 4 is 22.8 Å². The lowest BCUT2D eigenvalue weighted by Crippen LogP contribution is -2.33. The summed E-state index contributed by atoms with van der Waals surface area (Å²) in [6.07, 6.45) is 0.253. The third kappa shape index (κ3) is 3.58. The van der Waals surface area contributed by atoms with Crippen molar-refractivity contribution in [2.24, 2.45) is 5.92 Å². The van der Waals surface area contributed by atoms with Gasteiger partial charge in [0.2, 0.25) is 11.8 Å². The van der Waals surface area contributed by atoms with Crippen LogP contribution in [0.4, 0.5) is 0 Å². The molecule has 0 aliphatic carbocycles. The summed E-state index contributed by atoms with van der Waals surface area (Å²) in [5.41, 5.74) is 1.88. The van der Waals surface area contributed by atoms with E-state index in [4.69, 9.17) is 4.42 Å². The minimum absolute atomic E-state index is 0.0234. The monoisotopic (exact) mass is 362 g/mol. The lowest BCUT2D eigenvalue weighted by atomic mass is 10.1. The molecule has 1 N–H and O–H groups in total. The van der Waals surface area contributed by atoms with E-state index in [0.29, 0.717) is 18.8 Å². The van der Waals surface area contributed by atoms with Crippen LogP contribution < -0.4 is 5.32 Å². The summed E-state index contributed by atoms with van der Waals surface area (Å²) in [5, 5.41) is 3.92. The molecule has 2 amide bonds. The molecule has 0 radical (unpaired) electrons. The molecule has 1 aliphatic rings. The first kappa shape index (κ1) is 17.3. The molecule has 0 saturated carbocycles. The van der Waals surface area contributed by atoms with Gasteiger partial charge in [-0.2, -0.15) is 0 Å². The van der Waals surface area contributed by atoms with Crippen LogP contribution in [-0.4, -0.2) is 23.3 Å². The number of fused-ring (bicyclic) bond motifs is 1. The van der Waals surface area contributed by atoms with Crippen LogP contribution in [0, 0.1) is 5.92 Å². The van der Waals surface area contributed by atoms with Gasteiger partial charge in [-0.1, -0.05) is 48.5 Å². The number of carbonyl (C=O) groups excluding carboxylic acids is 2. The quantitative estimate of drug-likeness (QED) is 0.753. The van der Waals surface area contributed by atoms with Crippen molar-refractivity contribution in [3.63, 3.8) is 0 Å². The highest BCUT2D eigenvalue weighted by molar-refractivity contribution is 5.89. The molecule has 1 saturated heterocycles. The summed E-state index contributed by atoms with van der Waals surface area (Å²) in [7, 11) is 0. The zero-order valence-corrected chi connectivity index (χ0v) is 15.2. The predicted octanol–water partition coefficient (Wildman–Crippen LogP) is 3.66. The number of para-hydroxylation sites is 1. The zero-order valence-electron chi connectivity index (χ0n) is 15.2. The Balaban J connectivity index is 1.37. The van der Waals surface area contributed by atoms with Gasteiger partial charge in [0.25, 0.3) is 0 Å². The molecule has 2 heterocycles. The average molecular weight is 362 g/mol. The van der Waals surface area contributed by atoms with E-state index in [-0.39, 0.29) is 30.2 Å². The number of nitrogens with one attached hydrogen (secondary N) is 1. The number of furan rings is 1. The molecule has 4 rings (SSSR count). The number of hydrogen-bond acceptors (Lipinski definition) is 3. The molecule has 2 atom stereocenters. The molecule has 1 aromatic heterocycles. The van der Waals surface area contributed by atoms with Gasteiger partial charge in [0, 0.05) is 18.4 Å². The predicted molar refractivity (Wildman–Crippen MR) is 103 cm³/mol. The van der Waals surface area contributed by atoms with Crippen molar-refractivity contribution in [2.75, 3.05) is 6.54 Å². The first-order valence-corrected chi connectivity index (χ1v) is 9.21. The van der Waals surface area contributed by atoms with Crippen molar-refractivity contribution in [2.45, 2.75) is 25.9 Å². The van der Waals surface area contributed by atoms with Gasteiger partial charge >= 0.3 is 0 Å². The third-order valence-corrected chi connectivity index (χ3v) is 5.19. The molecule has 1 fully saturated rings. The highest BCUT2D eigenvalue weighted by atomic mass is 16.3. The maximum atomic E-state index is 12.6. The number of amides is 2. The largest absolute Gasteiger partial charge is 0.459 e. The Hall–Kier alpha value is -3.08. The Labute approximate surface area is 158 Å². The molecule has 1 aliphatic heterocycles. The Morgan fingerprint density at radius 3 is 2.70 bits per heavy atom. The van der Waals surface area contributed by atoms with Crippen LogP contribution in [0.25, 0.3) is 11.0 Å². The number of benzene rings is 2. The lowest BCUT2D eigenvalue weighted by molar-refractivity contribution is -0.130. The average Bonchev–Trinajstić information content (AvgIpc) is 3.29. The van der Waals surface area contributed by atoms with Gasteiger partial charge in [-0.05, 0) is 24.6 Å². The zero-order chi connectivity index (χ0) is 18.8. The summed E-state index contributed by atoms with van der Waals surface area (Å²) in [6.45, 7) is 2.77. The summed E-state index contributed by atoms with van der Waals surface area (Å²) in [4.78, 5) is 26.8. The standard InChI is InChI=1S/C22H22N2O3/c1-15(16-7-3-2-4-8-16)24-14-18(12-21(24)25)22(26)23-13-19-11-17-9-5-6-10-20(17)27-19/h2-11,15,18H,12-14H2,1H3,(H,23,26). The highest BCUT2D eigenvalue weighted by Crippen LogP contribution is 2.28. The number of nitrogens with zero attached hydrogens (tertiary/aromatic N) is 1. The molecule has 0 spiro atoms. The van der Waals surface area contributed by atoms with Gasteiger partial charge in [-0.15, -0.1) is 0 Å². The molecule has 5 heteroatoms. The lowest BCUT2D eigenvalue weighted by Gasteiger charge is -2.25. The minimum Gasteiger partial charge on any atom is -0.459 e. The van der Waals surface area contributed by atoms with Crippen LogP contribution in [0.3, 0.4) is 0 Å². The van der Waals surface area contributed by atoms with E-state index >= 15 is 0 Å². The fraction of sp³-hybridized carbons (Fsp3) is 0.273. The molecule has 0 bridgehead atoms. The summed E-state index contributed by atoms with van der Waals surface area (Å²) in [5.74, 6) is 0.304. The van der Waals surface area contributed by atoms with Gasteiger partial charge in [0.1, 0.15) is 11.3 Å². The molecule has 27 heavy (non-hydrogen) atoms. The van der Waals surface area contributed by atoms with Crippen LogP contribution >= 0.6 is 0 Å². The van der Waals surface area contributed by atoms with Crippen molar-refractivity contribution in [3.05, 3.63) is 72.0 Å². The van der Waals surface area contributed by atoms with Crippen molar-refractivity contribution in [1.29, 1.82) is 0 Å². The summed E-state index contributed by atoms with van der Waals surface area (Å²) in [6, 6.07) is 19.5. The van der Waals surface area contributed by atoms with E-state index in [1.165, 1.54) is 0 Å². The molecule has 138 valence electrons. The fourth-order valence-electron chi connectivity index (χ4n) is 3.64. The van der Waals surface area contributed by atoms with E-state index in [2.05, 4.69) is 5.32 Å². The van der Waals surface area contributed by atoms with Crippen LogP contribution in [0.1, 0.15) is 30.7 Å². The second kappa shape index (κ2) is 7.27. The number of hydrogen-bond donors (Lipinski definition) is 1. The van der Waals surface area contributed by atoms with Gasteiger partial charge in [0.05, 0.1) is 18.5 Å². The molecular formula is C22H22N2O3. The number of likely N-dealkylation sites (tertiary alicyclic amines) is 1. The number of carbonyl (C=O) groups is 2. The van der Waals surface area contributed by atoms with Crippen molar-refractivity contribution in [3.8, 4) is 0 Å². The Kier molecular flexibility index (Phi) is 4.67. The Bertz CT molecular complexity index is 931. The van der Waals surface area contributed by atoms with Crippen molar-refractivity contribution in [1.82, 2.24) is 10.2 Å². The maximum absolute atomic E-state index is 12.6. The van der Waals surface area contributed by atoms with Crippen LogP contribution in [0.2, 0.25) is 0 Å². The van der Waals surface area contributed by atoms with Gasteiger partial charge in [-0.25, -0.2) is 0 Å². The van der Waals surface area contributed by atoms with Gasteiger partial charge in [0.15, 0.2) is 0 Å². The van der Waals surface area contributed by atoms with Gasteiger partial charge < -0.3 is 14.6 Å². The fourth-order valence-corrected chi connectivity index (χ4v) is 3.64. The van der Waals surface area contributed by atoms with E-state index < -0.39 is 0 Å².